The van der Waals surface area contributed by atoms with Crippen LogP contribution in [0.25, 0.3) is 0 Å². The van der Waals surface area contributed by atoms with Gasteiger partial charge in [0.25, 0.3) is 0 Å². The highest BCUT2D eigenvalue weighted by molar-refractivity contribution is 5.74. The number of esters is 1. The largest absolute Gasteiger partial charge is 0.465 e. The van der Waals surface area contributed by atoms with Crippen LogP contribution >= 0.6 is 0 Å². The molecule has 0 spiro atoms. The van der Waals surface area contributed by atoms with E-state index in [0.29, 0.717) is 24.4 Å². The third-order valence-electron chi connectivity index (χ3n) is 4.60. The number of carbonyl (C=O) groups is 1. The molecule has 0 N–H and O–H groups in total. The lowest BCUT2D eigenvalue weighted by molar-refractivity contribution is -0.154. The predicted octanol–water partition coefficient (Wildman–Crippen LogP) is 2.93. The molecule has 0 unspecified atom stereocenters. The van der Waals surface area contributed by atoms with Crippen LogP contribution in [0.2, 0.25) is 0 Å². The lowest BCUT2D eigenvalue weighted by Crippen LogP contribution is -2.37. The molecule has 88 valence electrons. The highest BCUT2D eigenvalue weighted by Crippen LogP contribution is 2.46. The maximum atomic E-state index is 12.1. The minimum atomic E-state index is 0.0888. The number of cyclic esters (lactones) is 1. The Morgan fingerprint density at radius 3 is 2.75 bits per heavy atom. The first-order valence-electron chi connectivity index (χ1n) is 6.71. The van der Waals surface area contributed by atoms with Gasteiger partial charge < -0.3 is 4.74 Å². The smallest absolute Gasteiger partial charge is 0.309 e. The summed E-state index contributed by atoms with van der Waals surface area (Å²) >= 11 is 0. The second-order valence-electron chi connectivity index (χ2n) is 5.50. The maximum Gasteiger partial charge on any atom is 0.309 e. The van der Waals surface area contributed by atoms with Gasteiger partial charge in [-0.05, 0) is 49.9 Å². The van der Waals surface area contributed by atoms with E-state index in [4.69, 9.17) is 4.74 Å². The molecular weight excluding hydrogens is 200 g/mol. The van der Waals surface area contributed by atoms with Gasteiger partial charge in [0.2, 0.25) is 0 Å². The minimum absolute atomic E-state index is 0.0888. The Bertz CT molecular complexity index is 308. The summed E-state index contributed by atoms with van der Waals surface area (Å²) in [5.74, 6) is 1.98. The van der Waals surface area contributed by atoms with Crippen molar-refractivity contribution in [3.8, 4) is 0 Å². The Kier molecular flexibility index (Phi) is 2.74. The summed E-state index contributed by atoms with van der Waals surface area (Å²) in [6.07, 6.45) is 11.9. The third-order valence-corrected chi connectivity index (χ3v) is 4.60. The molecule has 2 nitrogen and oxygen atoms in total. The maximum absolute atomic E-state index is 12.1. The molecule has 3 rings (SSSR count). The molecule has 1 saturated heterocycles. The number of hydrogen-bond acceptors (Lipinski definition) is 2. The first kappa shape index (κ1) is 10.4. The topological polar surface area (TPSA) is 26.3 Å². The van der Waals surface area contributed by atoms with E-state index in [0.717, 1.165) is 6.42 Å². The Balaban J connectivity index is 1.87. The van der Waals surface area contributed by atoms with Crippen molar-refractivity contribution >= 4 is 5.97 Å². The van der Waals surface area contributed by atoms with Crippen molar-refractivity contribution in [2.24, 2.45) is 23.7 Å². The Hall–Kier alpha value is -0.790. The lowest BCUT2D eigenvalue weighted by atomic mass is 9.70. The van der Waals surface area contributed by atoms with Crippen LogP contribution in [0.1, 0.15) is 38.5 Å². The molecule has 0 bridgehead atoms. The molecule has 2 aliphatic carbocycles. The second-order valence-corrected chi connectivity index (χ2v) is 5.50. The molecule has 1 heterocycles. The van der Waals surface area contributed by atoms with Crippen LogP contribution in [0.4, 0.5) is 0 Å². The lowest BCUT2D eigenvalue weighted by Gasteiger charge is -2.36. The molecule has 0 aromatic carbocycles. The van der Waals surface area contributed by atoms with Crippen molar-refractivity contribution in [1.29, 1.82) is 0 Å². The monoisotopic (exact) mass is 220 g/mol. The molecule has 2 heteroatoms. The zero-order valence-corrected chi connectivity index (χ0v) is 9.73. The van der Waals surface area contributed by atoms with Gasteiger partial charge in [0.1, 0.15) is 0 Å². The van der Waals surface area contributed by atoms with Crippen LogP contribution in [0.15, 0.2) is 12.2 Å². The molecule has 1 saturated carbocycles. The van der Waals surface area contributed by atoms with Gasteiger partial charge in [-0.25, -0.2) is 0 Å². The summed E-state index contributed by atoms with van der Waals surface area (Å²) in [7, 11) is 0. The number of ether oxygens (including phenoxy) is 1. The van der Waals surface area contributed by atoms with Crippen molar-refractivity contribution < 1.29 is 9.53 Å². The highest BCUT2D eigenvalue weighted by atomic mass is 16.5. The van der Waals surface area contributed by atoms with E-state index >= 15 is 0 Å². The van der Waals surface area contributed by atoms with Gasteiger partial charge in [0, 0.05) is 0 Å². The van der Waals surface area contributed by atoms with Crippen LogP contribution in [-0.4, -0.2) is 12.6 Å². The summed E-state index contributed by atoms with van der Waals surface area (Å²) in [4.78, 5) is 12.1. The zero-order chi connectivity index (χ0) is 11.0. The summed E-state index contributed by atoms with van der Waals surface area (Å²) in [6.45, 7) is 0.642. The summed E-state index contributed by atoms with van der Waals surface area (Å²) in [5.41, 5.74) is 0. The van der Waals surface area contributed by atoms with Crippen LogP contribution in [0.3, 0.4) is 0 Å². The van der Waals surface area contributed by atoms with E-state index in [1.165, 1.54) is 32.1 Å². The van der Waals surface area contributed by atoms with Crippen molar-refractivity contribution in [3.05, 3.63) is 12.2 Å². The summed E-state index contributed by atoms with van der Waals surface area (Å²) in [5, 5.41) is 0. The molecule has 0 aromatic rings. The van der Waals surface area contributed by atoms with E-state index in [-0.39, 0.29) is 11.9 Å². The standard InChI is InChI=1S/C14H20O2/c15-14-13-11(4-1-2-9-16-14)8-7-10-5-3-6-12(10)13/h7-8,10-13H,1-6,9H2/t10-,11+,12+,13+/m1/s1. The third kappa shape index (κ3) is 1.68. The van der Waals surface area contributed by atoms with Crippen LogP contribution < -0.4 is 0 Å². The molecule has 0 amide bonds. The number of rotatable bonds is 0. The average molecular weight is 220 g/mol. The van der Waals surface area contributed by atoms with E-state index in [1.54, 1.807) is 0 Å². The van der Waals surface area contributed by atoms with Crippen LogP contribution in [0, 0.1) is 23.7 Å². The van der Waals surface area contributed by atoms with E-state index in [9.17, 15) is 4.79 Å². The van der Waals surface area contributed by atoms with Gasteiger partial charge >= 0.3 is 5.97 Å². The first-order chi connectivity index (χ1) is 7.86. The molecular formula is C14H20O2. The predicted molar refractivity (Wildman–Crippen MR) is 61.8 cm³/mol. The fraction of sp³-hybridized carbons (Fsp3) is 0.786. The summed E-state index contributed by atoms with van der Waals surface area (Å²) < 4.78 is 5.39. The first-order valence-corrected chi connectivity index (χ1v) is 6.71. The molecule has 3 aliphatic rings. The molecule has 4 atom stereocenters. The molecule has 1 aliphatic heterocycles. The van der Waals surface area contributed by atoms with Crippen LogP contribution in [0.5, 0.6) is 0 Å². The normalized spacial score (nSPS) is 42.9. The minimum Gasteiger partial charge on any atom is -0.465 e. The van der Waals surface area contributed by atoms with E-state index < -0.39 is 0 Å². The Morgan fingerprint density at radius 1 is 1.00 bits per heavy atom. The van der Waals surface area contributed by atoms with Gasteiger partial charge in [-0.2, -0.15) is 0 Å². The number of carbonyl (C=O) groups excluding carboxylic acids is 1. The quantitative estimate of drug-likeness (QED) is 0.463. The van der Waals surface area contributed by atoms with Gasteiger partial charge in [-0.1, -0.05) is 18.6 Å². The van der Waals surface area contributed by atoms with Gasteiger partial charge in [0.05, 0.1) is 12.5 Å². The molecule has 16 heavy (non-hydrogen) atoms. The fourth-order valence-electron chi connectivity index (χ4n) is 3.80. The van der Waals surface area contributed by atoms with Gasteiger partial charge in [-0.3, -0.25) is 4.79 Å². The van der Waals surface area contributed by atoms with E-state index in [2.05, 4.69) is 12.2 Å². The van der Waals surface area contributed by atoms with E-state index in [1.807, 2.05) is 0 Å². The van der Waals surface area contributed by atoms with Crippen LogP contribution in [-0.2, 0) is 9.53 Å². The fourth-order valence-corrected chi connectivity index (χ4v) is 3.80. The highest BCUT2D eigenvalue weighted by Gasteiger charge is 2.43. The summed E-state index contributed by atoms with van der Waals surface area (Å²) in [6, 6.07) is 0. The van der Waals surface area contributed by atoms with Crippen molar-refractivity contribution in [2.75, 3.05) is 6.61 Å². The zero-order valence-electron chi connectivity index (χ0n) is 9.73. The average Bonchev–Trinajstić information content (AvgIpc) is 2.72. The van der Waals surface area contributed by atoms with Gasteiger partial charge in [0.15, 0.2) is 0 Å². The van der Waals surface area contributed by atoms with Crippen molar-refractivity contribution in [2.45, 2.75) is 38.5 Å². The molecule has 0 aromatic heterocycles. The van der Waals surface area contributed by atoms with Crippen molar-refractivity contribution in [3.63, 3.8) is 0 Å². The number of hydrogen-bond donors (Lipinski definition) is 0. The second kappa shape index (κ2) is 4.23. The van der Waals surface area contributed by atoms with Gasteiger partial charge in [-0.15, -0.1) is 0 Å². The Labute approximate surface area is 97.1 Å². The molecule has 0 radical (unpaired) electrons. The van der Waals surface area contributed by atoms with Crippen molar-refractivity contribution in [1.82, 2.24) is 0 Å². The molecule has 2 fully saturated rings. The number of allylic oxidation sites excluding steroid dienone is 2. The Morgan fingerprint density at radius 2 is 1.81 bits per heavy atom. The number of fused-ring (bicyclic) bond motifs is 3. The SMILES string of the molecule is O=C1OCCCC[C@H]2C=C[C@H]3CCC[C@@H]3[C@@H]12.